The Bertz CT molecular complexity index is 1780. The Hall–Kier alpha value is -4.13. The van der Waals surface area contributed by atoms with E-state index in [1.807, 2.05) is 6.07 Å². The van der Waals surface area contributed by atoms with Crippen LogP contribution in [-0.4, -0.2) is 63.2 Å². The molecule has 1 fully saturated rings. The lowest BCUT2D eigenvalue weighted by Crippen LogP contribution is -2.48. The topological polar surface area (TPSA) is 133 Å². The fraction of sp³-hybridized carbons (Fsp3) is 0.346. The molecular formula is C26H20F4N6O4S. The first-order chi connectivity index (χ1) is 19.6. The largest absolute Gasteiger partial charge is 0.465 e. The summed E-state index contributed by atoms with van der Waals surface area (Å²) in [6.45, 7) is -0.281. The number of fused-ring (bicyclic) bond motifs is 4. The van der Waals surface area contributed by atoms with Crippen LogP contribution in [0.5, 0.6) is 6.01 Å². The molecule has 1 saturated heterocycles. The number of alkyl halides is 2. The van der Waals surface area contributed by atoms with Gasteiger partial charge in [0.15, 0.2) is 11.6 Å². The van der Waals surface area contributed by atoms with Crippen LogP contribution in [0.3, 0.4) is 0 Å². The Kier molecular flexibility index (Phi) is 6.63. The van der Waals surface area contributed by atoms with Gasteiger partial charge in [-0.2, -0.15) is 10.2 Å². The molecule has 1 atom stereocenters. The second kappa shape index (κ2) is 10.1. The molecule has 15 heteroatoms. The zero-order valence-corrected chi connectivity index (χ0v) is 22.1. The van der Waals surface area contributed by atoms with Crippen LogP contribution in [0, 0.1) is 23.0 Å². The van der Waals surface area contributed by atoms with E-state index in [1.165, 1.54) is 11.1 Å². The van der Waals surface area contributed by atoms with Crippen LogP contribution in [0.4, 0.5) is 27.4 Å². The predicted octanol–water partition coefficient (Wildman–Crippen LogP) is 5.28. The van der Waals surface area contributed by atoms with E-state index >= 15 is 4.39 Å². The first-order valence-corrected chi connectivity index (χ1v) is 13.2. The molecule has 2 aliphatic heterocycles. The van der Waals surface area contributed by atoms with Crippen molar-refractivity contribution < 1.29 is 36.9 Å². The van der Waals surface area contributed by atoms with Crippen molar-refractivity contribution in [1.82, 2.24) is 19.9 Å². The van der Waals surface area contributed by atoms with Gasteiger partial charge in [0.25, 0.3) is 5.92 Å². The van der Waals surface area contributed by atoms with Crippen molar-refractivity contribution in [2.24, 2.45) is 0 Å². The van der Waals surface area contributed by atoms with Crippen LogP contribution in [0.25, 0.3) is 32.2 Å². The summed E-state index contributed by atoms with van der Waals surface area (Å²) in [5.74, 6) is -4.42. The fourth-order valence-corrected chi connectivity index (χ4v) is 6.36. The van der Waals surface area contributed by atoms with Gasteiger partial charge in [-0.15, -0.1) is 11.3 Å². The van der Waals surface area contributed by atoms with E-state index in [4.69, 9.17) is 9.47 Å². The number of nitrogens with one attached hydrogen (secondary N) is 1. The van der Waals surface area contributed by atoms with E-state index in [0.717, 1.165) is 6.20 Å². The van der Waals surface area contributed by atoms with E-state index in [1.54, 1.807) is 7.05 Å². The number of pyridine rings is 1. The number of hydrogen-bond acceptors (Lipinski definition) is 9. The number of benzene rings is 1. The van der Waals surface area contributed by atoms with Gasteiger partial charge < -0.3 is 14.6 Å². The van der Waals surface area contributed by atoms with Gasteiger partial charge in [0.2, 0.25) is 0 Å². The van der Waals surface area contributed by atoms with Gasteiger partial charge in [0.1, 0.15) is 23.2 Å². The zero-order chi connectivity index (χ0) is 29.1. The van der Waals surface area contributed by atoms with Crippen LogP contribution < -0.4 is 10.1 Å². The molecule has 0 unspecified atom stereocenters. The third-order valence-corrected chi connectivity index (χ3v) is 8.38. The Morgan fingerprint density at radius 2 is 2.10 bits per heavy atom. The maximum absolute atomic E-state index is 16.4. The highest BCUT2D eigenvalue weighted by molar-refractivity contribution is 7.23. The number of ether oxygens (including phenoxy) is 2. The first kappa shape index (κ1) is 27.1. The van der Waals surface area contributed by atoms with Crippen molar-refractivity contribution in [3.8, 4) is 23.3 Å². The van der Waals surface area contributed by atoms with Gasteiger partial charge in [-0.25, -0.2) is 27.3 Å². The lowest BCUT2D eigenvalue weighted by atomic mass is 9.94. The predicted molar refractivity (Wildman–Crippen MR) is 139 cm³/mol. The number of halogens is 4. The number of likely N-dealkylation sites (N-methyl/N-ethyl adjacent to an activating group) is 1. The molecule has 4 aromatic rings. The van der Waals surface area contributed by atoms with Gasteiger partial charge in [0, 0.05) is 35.0 Å². The van der Waals surface area contributed by atoms with Gasteiger partial charge in [-0.05, 0) is 24.6 Å². The summed E-state index contributed by atoms with van der Waals surface area (Å²) in [5.41, 5.74) is 0.532. The molecule has 2 N–H and O–H groups in total. The summed E-state index contributed by atoms with van der Waals surface area (Å²) in [5, 5.41) is 21.3. The second-order valence-corrected chi connectivity index (χ2v) is 10.9. The smallest absolute Gasteiger partial charge is 0.409 e. The van der Waals surface area contributed by atoms with E-state index in [-0.39, 0.29) is 82.1 Å². The summed E-state index contributed by atoms with van der Waals surface area (Å²) >= 11 is 0.698. The number of carbonyl (C=O) groups is 1. The molecule has 0 radical (unpaired) electrons. The quantitative estimate of drug-likeness (QED) is 0.299. The van der Waals surface area contributed by atoms with Crippen LogP contribution >= 0.6 is 11.3 Å². The maximum Gasteiger partial charge on any atom is 0.409 e. The molecule has 0 saturated carbocycles. The van der Waals surface area contributed by atoms with Crippen molar-refractivity contribution in [2.75, 3.05) is 25.5 Å². The molecule has 0 aliphatic carbocycles. The summed E-state index contributed by atoms with van der Waals surface area (Å²) in [6, 6.07) is 1.41. The lowest BCUT2D eigenvalue weighted by Gasteiger charge is -2.36. The number of likely N-dealkylation sites (tertiary alicyclic amines) is 1. The number of nitrogens with zero attached hydrogens (tertiary/aromatic N) is 5. The molecule has 1 aromatic carbocycles. The second-order valence-electron chi connectivity index (χ2n) is 9.84. The number of hydrogen-bond donors (Lipinski definition) is 2. The number of nitriles is 1. The van der Waals surface area contributed by atoms with Crippen LogP contribution in [-0.2, 0) is 18.0 Å². The maximum atomic E-state index is 16.4. The third kappa shape index (κ3) is 4.67. The fourth-order valence-electron chi connectivity index (χ4n) is 5.32. The van der Waals surface area contributed by atoms with Gasteiger partial charge >= 0.3 is 12.1 Å². The minimum absolute atomic E-state index is 0.00122. The van der Waals surface area contributed by atoms with Gasteiger partial charge in [-0.1, -0.05) is 0 Å². The van der Waals surface area contributed by atoms with Gasteiger partial charge in [0.05, 0.1) is 41.9 Å². The highest BCUT2D eigenvalue weighted by Crippen LogP contribution is 2.45. The Balaban J connectivity index is 1.46. The molecule has 3 aromatic heterocycles. The summed E-state index contributed by atoms with van der Waals surface area (Å²) in [6.07, 6.45) is 0.749. The summed E-state index contributed by atoms with van der Waals surface area (Å²) < 4.78 is 69.8. The van der Waals surface area contributed by atoms with Crippen LogP contribution in [0.1, 0.15) is 29.5 Å². The molecule has 1 amide bonds. The summed E-state index contributed by atoms with van der Waals surface area (Å²) in [7, 11) is 1.57. The van der Waals surface area contributed by atoms with Crippen molar-refractivity contribution >= 4 is 43.4 Å². The standard InChI is InChI=1S/C26H20F4N6O4S/c1-36-10-26(29,30)3-2-11(36)7-40-24-33-5-13-14-8-39-9-15(14)17(19(28)20(13)34-24)21-18-12(4-31)23(35-25(37)38)41-22(18)16(27)6-32-21/h5-6,11,35H,2-3,7-10H2,1H3,(H,37,38)/t11-/m0/s1. The van der Waals surface area contributed by atoms with E-state index in [9.17, 15) is 28.3 Å². The Labute approximate surface area is 233 Å². The third-order valence-electron chi connectivity index (χ3n) is 7.27. The Morgan fingerprint density at radius 3 is 2.83 bits per heavy atom. The number of anilines is 1. The average molecular weight is 589 g/mol. The number of thiophene rings is 1. The lowest BCUT2D eigenvalue weighted by molar-refractivity contribution is -0.0804. The van der Waals surface area contributed by atoms with Crippen LogP contribution in [0.2, 0.25) is 0 Å². The SMILES string of the molecule is CN1CC(F)(F)CC[C@H]1COc1ncc2c3c(c(-c4ncc(F)c5sc(NC(=O)O)c(C#N)c45)c(F)c2n1)COC3. The molecule has 0 bridgehead atoms. The molecule has 212 valence electrons. The highest BCUT2D eigenvalue weighted by Gasteiger charge is 2.38. The van der Waals surface area contributed by atoms with Crippen LogP contribution in [0.15, 0.2) is 12.4 Å². The van der Waals surface area contributed by atoms with Gasteiger partial charge in [-0.3, -0.25) is 15.2 Å². The van der Waals surface area contributed by atoms with Crippen molar-refractivity contribution in [3.05, 3.63) is 40.7 Å². The minimum atomic E-state index is -2.77. The number of aromatic nitrogens is 3. The molecule has 6 rings (SSSR count). The molecule has 41 heavy (non-hydrogen) atoms. The highest BCUT2D eigenvalue weighted by atomic mass is 32.1. The molecule has 0 spiro atoms. The van der Waals surface area contributed by atoms with Crippen molar-refractivity contribution in [2.45, 2.75) is 38.0 Å². The van der Waals surface area contributed by atoms with Crippen molar-refractivity contribution in [1.29, 1.82) is 5.26 Å². The van der Waals surface area contributed by atoms with Crippen molar-refractivity contribution in [3.63, 3.8) is 0 Å². The minimum Gasteiger partial charge on any atom is -0.465 e. The number of carboxylic acid groups (broad SMARTS) is 1. The number of rotatable bonds is 5. The normalized spacial score (nSPS) is 18.4. The Morgan fingerprint density at radius 1 is 1.32 bits per heavy atom. The molecule has 5 heterocycles. The zero-order valence-electron chi connectivity index (χ0n) is 21.3. The van der Waals surface area contributed by atoms with E-state index < -0.39 is 30.2 Å². The molecule has 10 nitrogen and oxygen atoms in total. The number of amides is 1. The molecule has 2 aliphatic rings. The summed E-state index contributed by atoms with van der Waals surface area (Å²) in [4.78, 5) is 25.4. The average Bonchev–Trinajstić information content (AvgIpc) is 3.54. The first-order valence-electron chi connectivity index (χ1n) is 12.4. The van der Waals surface area contributed by atoms with E-state index in [0.29, 0.717) is 27.8 Å². The number of piperidine rings is 1. The monoisotopic (exact) mass is 588 g/mol. The molecular weight excluding hydrogens is 568 g/mol. The van der Waals surface area contributed by atoms with E-state index in [2.05, 4.69) is 20.3 Å².